The number of aryl methyl sites for hydroxylation is 1. The standard InChI is InChI=1S/C14H18F2N2O/c1-8-4-13(16)11(5-12(8)15)14(19)18-6-9(2)17-10(3)7-18/h4-5,9-10,17H,6-7H2,1-3H3/t9-,10-/m0/s1. The van der Waals surface area contributed by atoms with Crippen molar-refractivity contribution >= 4 is 5.91 Å². The Labute approximate surface area is 111 Å². The first kappa shape index (κ1) is 13.9. The number of benzene rings is 1. The minimum Gasteiger partial charge on any atom is -0.335 e. The van der Waals surface area contributed by atoms with Crippen molar-refractivity contribution in [2.75, 3.05) is 13.1 Å². The normalized spacial score (nSPS) is 23.5. The predicted octanol–water partition coefficient (Wildman–Crippen LogP) is 2.10. The van der Waals surface area contributed by atoms with E-state index >= 15 is 0 Å². The second-order valence-corrected chi connectivity index (χ2v) is 5.26. The van der Waals surface area contributed by atoms with Crippen LogP contribution in [0, 0.1) is 18.6 Å². The van der Waals surface area contributed by atoms with Crippen LogP contribution in [0.25, 0.3) is 0 Å². The summed E-state index contributed by atoms with van der Waals surface area (Å²) in [7, 11) is 0. The van der Waals surface area contributed by atoms with Crippen molar-refractivity contribution in [2.45, 2.75) is 32.9 Å². The van der Waals surface area contributed by atoms with Crippen LogP contribution < -0.4 is 5.32 Å². The summed E-state index contributed by atoms with van der Waals surface area (Å²) in [5, 5.41) is 3.29. The van der Waals surface area contributed by atoms with Gasteiger partial charge in [0.15, 0.2) is 0 Å². The first-order chi connectivity index (χ1) is 8.88. The summed E-state index contributed by atoms with van der Waals surface area (Å²) in [6.45, 7) is 6.39. The Morgan fingerprint density at radius 1 is 1.21 bits per heavy atom. The molecular weight excluding hydrogens is 250 g/mol. The van der Waals surface area contributed by atoms with Crippen molar-refractivity contribution in [2.24, 2.45) is 0 Å². The van der Waals surface area contributed by atoms with Crippen LogP contribution in [0.1, 0.15) is 29.8 Å². The summed E-state index contributed by atoms with van der Waals surface area (Å²) in [5.74, 6) is -1.67. The minimum atomic E-state index is -0.664. The molecule has 1 aromatic carbocycles. The van der Waals surface area contributed by atoms with Gasteiger partial charge in [-0.2, -0.15) is 0 Å². The number of nitrogens with zero attached hydrogens (tertiary/aromatic N) is 1. The molecule has 1 heterocycles. The predicted molar refractivity (Wildman–Crippen MR) is 69.1 cm³/mol. The highest BCUT2D eigenvalue weighted by Crippen LogP contribution is 2.17. The van der Waals surface area contributed by atoms with Gasteiger partial charge in [0, 0.05) is 25.2 Å². The van der Waals surface area contributed by atoms with Crippen molar-refractivity contribution in [1.29, 1.82) is 0 Å². The number of hydrogen-bond donors (Lipinski definition) is 1. The SMILES string of the molecule is Cc1cc(F)c(C(=O)N2C[C@H](C)N[C@@H](C)C2)cc1F. The van der Waals surface area contributed by atoms with Gasteiger partial charge in [-0.25, -0.2) is 8.78 Å². The maximum absolute atomic E-state index is 13.8. The van der Waals surface area contributed by atoms with Crippen LogP contribution in [-0.2, 0) is 0 Å². The zero-order valence-electron chi connectivity index (χ0n) is 11.3. The Kier molecular flexibility index (Phi) is 3.85. The molecule has 1 aromatic rings. The van der Waals surface area contributed by atoms with E-state index in [9.17, 15) is 13.6 Å². The highest BCUT2D eigenvalue weighted by molar-refractivity contribution is 5.94. The van der Waals surface area contributed by atoms with Gasteiger partial charge >= 0.3 is 0 Å². The second-order valence-electron chi connectivity index (χ2n) is 5.26. The fourth-order valence-corrected chi connectivity index (χ4v) is 2.47. The Morgan fingerprint density at radius 2 is 1.79 bits per heavy atom. The summed E-state index contributed by atoms with van der Waals surface area (Å²) in [6, 6.07) is 2.35. The van der Waals surface area contributed by atoms with E-state index in [-0.39, 0.29) is 23.2 Å². The van der Waals surface area contributed by atoms with Gasteiger partial charge in [0.05, 0.1) is 5.56 Å². The maximum atomic E-state index is 13.8. The summed E-state index contributed by atoms with van der Waals surface area (Å²) in [4.78, 5) is 13.8. The first-order valence-electron chi connectivity index (χ1n) is 6.39. The lowest BCUT2D eigenvalue weighted by Gasteiger charge is -2.36. The molecule has 5 heteroatoms. The van der Waals surface area contributed by atoms with Crippen LogP contribution in [0.15, 0.2) is 12.1 Å². The molecule has 0 aromatic heterocycles. The first-order valence-corrected chi connectivity index (χ1v) is 6.39. The summed E-state index contributed by atoms with van der Waals surface area (Å²) < 4.78 is 27.3. The molecule has 0 unspecified atom stereocenters. The van der Waals surface area contributed by atoms with Crippen LogP contribution in [0.2, 0.25) is 0 Å². The number of carbonyl (C=O) groups excluding carboxylic acids is 1. The van der Waals surface area contributed by atoms with E-state index in [2.05, 4.69) is 5.32 Å². The maximum Gasteiger partial charge on any atom is 0.257 e. The van der Waals surface area contributed by atoms with Gasteiger partial charge in [0.1, 0.15) is 11.6 Å². The quantitative estimate of drug-likeness (QED) is 0.846. The number of rotatable bonds is 1. The van der Waals surface area contributed by atoms with Gasteiger partial charge < -0.3 is 10.2 Å². The molecule has 1 saturated heterocycles. The van der Waals surface area contributed by atoms with Gasteiger partial charge in [-0.3, -0.25) is 4.79 Å². The number of halogens is 2. The third-order valence-electron chi connectivity index (χ3n) is 3.32. The van der Waals surface area contributed by atoms with E-state index in [1.165, 1.54) is 6.92 Å². The highest BCUT2D eigenvalue weighted by atomic mass is 19.1. The molecule has 0 bridgehead atoms. The second kappa shape index (κ2) is 5.25. The van der Waals surface area contributed by atoms with E-state index in [4.69, 9.17) is 0 Å². The van der Waals surface area contributed by atoms with Gasteiger partial charge in [-0.15, -0.1) is 0 Å². The monoisotopic (exact) mass is 268 g/mol. The summed E-state index contributed by atoms with van der Waals surface area (Å²) in [6.07, 6.45) is 0. The average Bonchev–Trinajstić information content (AvgIpc) is 2.31. The minimum absolute atomic E-state index is 0.144. The van der Waals surface area contributed by atoms with E-state index in [0.717, 1.165) is 12.1 Å². The average molecular weight is 268 g/mol. The number of nitrogens with one attached hydrogen (secondary N) is 1. The van der Waals surface area contributed by atoms with Gasteiger partial charge in [0.2, 0.25) is 0 Å². The molecule has 0 radical (unpaired) electrons. The van der Waals surface area contributed by atoms with Crippen molar-refractivity contribution in [3.8, 4) is 0 Å². The molecule has 2 atom stereocenters. The Hall–Kier alpha value is -1.49. The Balaban J connectivity index is 2.26. The number of hydrogen-bond acceptors (Lipinski definition) is 2. The number of piperazine rings is 1. The lowest BCUT2D eigenvalue weighted by Crippen LogP contribution is -2.55. The molecule has 1 fully saturated rings. The fourth-order valence-electron chi connectivity index (χ4n) is 2.47. The molecule has 0 aliphatic carbocycles. The highest BCUT2D eigenvalue weighted by Gasteiger charge is 2.27. The molecule has 1 amide bonds. The van der Waals surface area contributed by atoms with Crippen LogP contribution in [-0.4, -0.2) is 36.0 Å². The van der Waals surface area contributed by atoms with E-state index in [1.54, 1.807) is 4.90 Å². The molecule has 19 heavy (non-hydrogen) atoms. The molecule has 1 aliphatic rings. The Bertz CT molecular complexity index is 494. The number of carbonyl (C=O) groups is 1. The largest absolute Gasteiger partial charge is 0.335 e. The van der Waals surface area contributed by atoms with E-state index < -0.39 is 17.5 Å². The molecule has 3 nitrogen and oxygen atoms in total. The Morgan fingerprint density at radius 3 is 2.37 bits per heavy atom. The smallest absolute Gasteiger partial charge is 0.257 e. The molecule has 2 rings (SSSR count). The van der Waals surface area contributed by atoms with Crippen molar-refractivity contribution in [1.82, 2.24) is 10.2 Å². The lowest BCUT2D eigenvalue weighted by atomic mass is 10.1. The number of amides is 1. The molecule has 0 saturated carbocycles. The summed E-state index contributed by atoms with van der Waals surface area (Å²) in [5.41, 5.74) is 0.0143. The zero-order chi connectivity index (χ0) is 14.2. The van der Waals surface area contributed by atoms with Crippen LogP contribution >= 0.6 is 0 Å². The molecular formula is C14H18F2N2O. The third kappa shape index (κ3) is 2.92. The molecule has 1 N–H and O–H groups in total. The topological polar surface area (TPSA) is 32.3 Å². The molecule has 0 spiro atoms. The van der Waals surface area contributed by atoms with Crippen molar-refractivity contribution in [3.05, 3.63) is 34.9 Å². The van der Waals surface area contributed by atoms with Crippen LogP contribution in [0.4, 0.5) is 8.78 Å². The molecule has 104 valence electrons. The van der Waals surface area contributed by atoms with E-state index in [1.807, 2.05) is 13.8 Å². The van der Waals surface area contributed by atoms with Crippen molar-refractivity contribution < 1.29 is 13.6 Å². The van der Waals surface area contributed by atoms with Crippen molar-refractivity contribution in [3.63, 3.8) is 0 Å². The molecule has 1 aliphatic heterocycles. The third-order valence-corrected chi connectivity index (χ3v) is 3.32. The van der Waals surface area contributed by atoms with Crippen LogP contribution in [0.5, 0.6) is 0 Å². The lowest BCUT2D eigenvalue weighted by molar-refractivity contribution is 0.0668. The summed E-state index contributed by atoms with van der Waals surface area (Å²) >= 11 is 0. The van der Waals surface area contributed by atoms with Gasteiger partial charge in [-0.05, 0) is 38.5 Å². The van der Waals surface area contributed by atoms with Crippen LogP contribution in [0.3, 0.4) is 0 Å². The van der Waals surface area contributed by atoms with Gasteiger partial charge in [0.25, 0.3) is 5.91 Å². The van der Waals surface area contributed by atoms with E-state index in [0.29, 0.717) is 13.1 Å². The zero-order valence-corrected chi connectivity index (χ0v) is 11.3. The van der Waals surface area contributed by atoms with Gasteiger partial charge in [-0.1, -0.05) is 0 Å². The fraction of sp³-hybridized carbons (Fsp3) is 0.500.